The third kappa shape index (κ3) is 6.99. The molecule has 3 N–H and O–H groups in total. The Morgan fingerprint density at radius 3 is 2.67 bits per heavy atom. The smallest absolute Gasteiger partial charge is 0.387 e. The van der Waals surface area contributed by atoms with Gasteiger partial charge in [0.25, 0.3) is 0 Å². The van der Waals surface area contributed by atoms with Crippen LogP contribution in [0.4, 0.5) is 8.78 Å². The maximum atomic E-state index is 12.5. The second kappa shape index (κ2) is 10.6. The first-order valence-electron chi connectivity index (χ1n) is 8.33. The first-order chi connectivity index (χ1) is 13.0. The van der Waals surface area contributed by atoms with E-state index in [0.717, 1.165) is 5.56 Å². The fraction of sp³-hybridized carbons (Fsp3) is 0.333. The van der Waals surface area contributed by atoms with Gasteiger partial charge in [0.05, 0.1) is 12.6 Å². The molecule has 0 bridgehead atoms. The number of alkyl halides is 2. The molecule has 1 aromatic carbocycles. The summed E-state index contributed by atoms with van der Waals surface area (Å²) in [4.78, 5) is 8.25. The number of guanidine groups is 1. The maximum Gasteiger partial charge on any atom is 0.387 e. The Bertz CT molecular complexity index is 747. The van der Waals surface area contributed by atoms with Crippen molar-refractivity contribution in [1.29, 1.82) is 0 Å². The SMILES string of the molecule is CCNC(=NCc1cc(Cl)ccc1OC(F)F)NCC(O)c1ccncc1. The van der Waals surface area contributed by atoms with Crippen LogP contribution >= 0.6 is 11.6 Å². The number of aromatic nitrogens is 1. The molecule has 27 heavy (non-hydrogen) atoms. The van der Waals surface area contributed by atoms with E-state index in [2.05, 4.69) is 25.3 Å². The Balaban J connectivity index is 2.06. The summed E-state index contributed by atoms with van der Waals surface area (Å²) in [6.45, 7) is -0.167. The Labute approximate surface area is 161 Å². The fourth-order valence-electron chi connectivity index (χ4n) is 2.29. The van der Waals surface area contributed by atoms with Crippen molar-refractivity contribution in [2.75, 3.05) is 13.1 Å². The summed E-state index contributed by atoms with van der Waals surface area (Å²) in [6, 6.07) is 7.82. The number of ether oxygens (including phenoxy) is 1. The summed E-state index contributed by atoms with van der Waals surface area (Å²) in [6.07, 6.45) is 2.45. The number of aliphatic hydroxyl groups is 1. The minimum absolute atomic E-state index is 0.0193. The summed E-state index contributed by atoms with van der Waals surface area (Å²) in [5.74, 6) is 0.444. The van der Waals surface area contributed by atoms with Crippen molar-refractivity contribution in [2.24, 2.45) is 4.99 Å². The second-order valence-electron chi connectivity index (χ2n) is 5.50. The van der Waals surface area contributed by atoms with Crippen molar-refractivity contribution < 1.29 is 18.6 Å². The summed E-state index contributed by atoms with van der Waals surface area (Å²) >= 11 is 5.94. The van der Waals surface area contributed by atoms with Crippen LogP contribution in [-0.4, -0.2) is 35.8 Å². The Kier molecular flexibility index (Phi) is 8.22. The molecule has 0 saturated heterocycles. The molecule has 0 saturated carbocycles. The number of nitrogens with one attached hydrogen (secondary N) is 2. The average molecular weight is 399 g/mol. The quantitative estimate of drug-likeness (QED) is 0.470. The van der Waals surface area contributed by atoms with E-state index in [4.69, 9.17) is 11.6 Å². The van der Waals surface area contributed by atoms with E-state index in [-0.39, 0.29) is 18.8 Å². The van der Waals surface area contributed by atoms with E-state index in [9.17, 15) is 13.9 Å². The van der Waals surface area contributed by atoms with E-state index in [0.29, 0.717) is 23.1 Å². The third-order valence-electron chi connectivity index (χ3n) is 3.54. The summed E-state index contributed by atoms with van der Waals surface area (Å²) in [5.41, 5.74) is 1.14. The molecule has 0 radical (unpaired) electrons. The lowest BCUT2D eigenvalue weighted by Crippen LogP contribution is -2.39. The van der Waals surface area contributed by atoms with E-state index < -0.39 is 12.7 Å². The molecule has 2 rings (SSSR count). The highest BCUT2D eigenvalue weighted by atomic mass is 35.5. The molecule has 146 valence electrons. The van der Waals surface area contributed by atoms with Gasteiger partial charge in [-0.15, -0.1) is 0 Å². The Morgan fingerprint density at radius 2 is 2.00 bits per heavy atom. The number of benzene rings is 1. The summed E-state index contributed by atoms with van der Waals surface area (Å²) in [5, 5.41) is 16.6. The molecule has 0 amide bonds. The predicted molar refractivity (Wildman–Crippen MR) is 100 cm³/mol. The maximum absolute atomic E-state index is 12.5. The molecule has 0 aliphatic carbocycles. The van der Waals surface area contributed by atoms with E-state index in [1.165, 1.54) is 18.2 Å². The highest BCUT2D eigenvalue weighted by molar-refractivity contribution is 6.30. The third-order valence-corrected chi connectivity index (χ3v) is 3.78. The Morgan fingerprint density at radius 1 is 1.26 bits per heavy atom. The topological polar surface area (TPSA) is 78.8 Å². The van der Waals surface area contributed by atoms with Crippen LogP contribution in [0.1, 0.15) is 24.2 Å². The second-order valence-corrected chi connectivity index (χ2v) is 5.94. The summed E-state index contributed by atoms with van der Waals surface area (Å²) < 4.78 is 29.6. The predicted octanol–water partition coefficient (Wildman–Crippen LogP) is 3.13. The van der Waals surface area contributed by atoms with Gasteiger partial charge in [-0.05, 0) is 42.8 Å². The zero-order valence-electron chi connectivity index (χ0n) is 14.7. The van der Waals surface area contributed by atoms with Crippen molar-refractivity contribution >= 4 is 17.6 Å². The number of halogens is 3. The largest absolute Gasteiger partial charge is 0.434 e. The lowest BCUT2D eigenvalue weighted by molar-refractivity contribution is -0.0504. The van der Waals surface area contributed by atoms with Crippen LogP contribution in [0.3, 0.4) is 0 Å². The molecular formula is C18H21ClF2N4O2. The first kappa shape index (κ1) is 20.9. The van der Waals surface area contributed by atoms with Gasteiger partial charge in [0.15, 0.2) is 5.96 Å². The van der Waals surface area contributed by atoms with E-state index in [1.54, 1.807) is 24.5 Å². The molecule has 1 atom stereocenters. The molecule has 9 heteroatoms. The average Bonchev–Trinajstić information content (AvgIpc) is 2.66. The van der Waals surface area contributed by atoms with Crippen LogP contribution < -0.4 is 15.4 Å². The normalized spacial score (nSPS) is 12.7. The zero-order chi connectivity index (χ0) is 19.6. The van der Waals surface area contributed by atoms with Gasteiger partial charge in [-0.25, -0.2) is 4.99 Å². The van der Waals surface area contributed by atoms with Crippen molar-refractivity contribution in [3.63, 3.8) is 0 Å². The van der Waals surface area contributed by atoms with Crippen LogP contribution in [0.15, 0.2) is 47.7 Å². The molecule has 0 fully saturated rings. The molecular weight excluding hydrogens is 378 g/mol. The van der Waals surface area contributed by atoms with Gasteiger partial charge in [-0.1, -0.05) is 11.6 Å². The van der Waals surface area contributed by atoms with Gasteiger partial charge < -0.3 is 20.5 Å². The van der Waals surface area contributed by atoms with E-state index in [1.807, 2.05) is 6.92 Å². The minimum Gasteiger partial charge on any atom is -0.434 e. The van der Waals surface area contributed by atoms with Crippen LogP contribution in [0.25, 0.3) is 0 Å². The van der Waals surface area contributed by atoms with Crippen LogP contribution in [0, 0.1) is 0 Å². The number of aliphatic imine (C=N–C) groups is 1. The minimum atomic E-state index is -2.93. The molecule has 6 nitrogen and oxygen atoms in total. The van der Waals surface area contributed by atoms with Gasteiger partial charge in [-0.3, -0.25) is 4.98 Å². The first-order valence-corrected chi connectivity index (χ1v) is 8.70. The number of hydrogen-bond donors (Lipinski definition) is 3. The highest BCUT2D eigenvalue weighted by Crippen LogP contribution is 2.25. The molecule has 0 spiro atoms. The molecule has 0 aliphatic heterocycles. The van der Waals surface area contributed by atoms with Crippen LogP contribution in [0.2, 0.25) is 5.02 Å². The number of rotatable bonds is 8. The highest BCUT2D eigenvalue weighted by Gasteiger charge is 2.11. The monoisotopic (exact) mass is 398 g/mol. The lowest BCUT2D eigenvalue weighted by Gasteiger charge is -2.16. The standard InChI is InChI=1S/C18H21ClF2N4O2/c1-2-23-18(25-11-15(26)12-5-7-22-8-6-12)24-10-13-9-14(19)3-4-16(13)27-17(20)21/h3-9,15,17,26H,2,10-11H2,1H3,(H2,23,24,25). The molecule has 1 aromatic heterocycles. The van der Waals surface area contributed by atoms with Gasteiger partial charge in [0.1, 0.15) is 5.75 Å². The van der Waals surface area contributed by atoms with Crippen molar-refractivity contribution in [1.82, 2.24) is 15.6 Å². The van der Waals surface area contributed by atoms with Gasteiger partial charge in [0, 0.05) is 36.1 Å². The molecule has 2 aromatic rings. The lowest BCUT2D eigenvalue weighted by atomic mass is 10.1. The summed E-state index contributed by atoms with van der Waals surface area (Å²) in [7, 11) is 0. The number of nitrogens with zero attached hydrogens (tertiary/aromatic N) is 2. The number of aliphatic hydroxyl groups excluding tert-OH is 1. The number of pyridine rings is 1. The van der Waals surface area contributed by atoms with Crippen molar-refractivity contribution in [2.45, 2.75) is 26.2 Å². The molecule has 1 heterocycles. The molecule has 0 aliphatic rings. The van der Waals surface area contributed by atoms with E-state index >= 15 is 0 Å². The fourth-order valence-corrected chi connectivity index (χ4v) is 2.48. The van der Waals surface area contributed by atoms with Crippen molar-refractivity contribution in [3.05, 3.63) is 58.9 Å². The van der Waals surface area contributed by atoms with Gasteiger partial charge >= 0.3 is 6.61 Å². The Hall–Kier alpha value is -2.45. The zero-order valence-corrected chi connectivity index (χ0v) is 15.5. The van der Waals surface area contributed by atoms with Gasteiger partial charge in [-0.2, -0.15) is 8.78 Å². The molecule has 1 unspecified atom stereocenters. The van der Waals surface area contributed by atoms with Crippen LogP contribution in [0.5, 0.6) is 5.75 Å². The van der Waals surface area contributed by atoms with Crippen molar-refractivity contribution in [3.8, 4) is 5.75 Å². The number of hydrogen-bond acceptors (Lipinski definition) is 4. The van der Waals surface area contributed by atoms with Crippen LogP contribution in [-0.2, 0) is 6.54 Å². The van der Waals surface area contributed by atoms with Gasteiger partial charge in [0.2, 0.25) is 0 Å².